The van der Waals surface area contributed by atoms with Crippen molar-refractivity contribution in [1.29, 1.82) is 0 Å². The maximum Gasteiger partial charge on any atom is 0.0641 e. The largest absolute Gasteiger partial charge is 0.311 e. The number of fused-ring (bicyclic) bond motifs is 14. The van der Waals surface area contributed by atoms with E-state index in [0.717, 1.165) is 39.5 Å². The van der Waals surface area contributed by atoms with Gasteiger partial charge in [-0.2, -0.15) is 0 Å². The lowest BCUT2D eigenvalue weighted by molar-refractivity contribution is 0.660. The lowest BCUT2D eigenvalue weighted by atomic mass is 9.82. The average Bonchev–Trinajstić information content (AvgIpc) is 3.21. The highest BCUT2D eigenvalue weighted by Crippen LogP contribution is 2.51. The second-order valence-electron chi connectivity index (χ2n) is 21.7. The SMILES string of the molecule is CC1(C)c2ccccc2-c2ccc(-n3c4ccccc4c4c3ccc3c5ccc6c(c7ccccc7n6-c6ccc(N(c7ccccc7)c7ccc(-c8ccccc8)cc7)cc6)c5n(-c5ccc(-c6ccccc6)cc5)c34)cc21. The van der Waals surface area contributed by atoms with E-state index in [4.69, 9.17) is 0 Å². The molecule has 4 heteroatoms. The van der Waals surface area contributed by atoms with Crippen molar-refractivity contribution in [3.63, 3.8) is 0 Å². The fourth-order valence-electron chi connectivity index (χ4n) is 13.4. The summed E-state index contributed by atoms with van der Waals surface area (Å²) in [4.78, 5) is 2.34. The first-order valence-electron chi connectivity index (χ1n) is 27.4. The molecule has 1 aliphatic carbocycles. The van der Waals surface area contributed by atoms with Gasteiger partial charge in [0.1, 0.15) is 0 Å². The summed E-state index contributed by atoms with van der Waals surface area (Å²) in [6, 6.07) is 103. The molecule has 4 nitrogen and oxygen atoms in total. The first kappa shape index (κ1) is 45.1. The van der Waals surface area contributed by atoms with Crippen molar-refractivity contribution in [3.8, 4) is 50.4 Å². The van der Waals surface area contributed by atoms with Crippen molar-refractivity contribution in [3.05, 3.63) is 290 Å². The van der Waals surface area contributed by atoms with Gasteiger partial charge in [-0.3, -0.25) is 0 Å². The molecule has 0 atom stereocenters. The minimum atomic E-state index is -0.128. The Hall–Kier alpha value is -10.2. The van der Waals surface area contributed by atoms with Gasteiger partial charge in [0.15, 0.2) is 0 Å². The van der Waals surface area contributed by atoms with Crippen molar-refractivity contribution >= 4 is 82.5 Å². The predicted molar refractivity (Wildman–Crippen MR) is 333 cm³/mol. The number of hydrogen-bond donors (Lipinski definition) is 0. The number of rotatable bonds is 8. The summed E-state index contributed by atoms with van der Waals surface area (Å²) in [6.07, 6.45) is 0. The van der Waals surface area contributed by atoms with Crippen molar-refractivity contribution in [2.24, 2.45) is 0 Å². The van der Waals surface area contributed by atoms with Gasteiger partial charge in [0.2, 0.25) is 0 Å². The lowest BCUT2D eigenvalue weighted by Crippen LogP contribution is -2.15. The van der Waals surface area contributed by atoms with E-state index in [1.165, 1.54) is 105 Å². The van der Waals surface area contributed by atoms with Gasteiger partial charge in [-0.25, -0.2) is 0 Å². The van der Waals surface area contributed by atoms with Crippen molar-refractivity contribution < 1.29 is 0 Å². The van der Waals surface area contributed by atoms with Crippen LogP contribution in [0.2, 0.25) is 0 Å². The zero-order valence-electron chi connectivity index (χ0n) is 43.8. The van der Waals surface area contributed by atoms with E-state index in [0.29, 0.717) is 0 Å². The van der Waals surface area contributed by atoms with Crippen molar-refractivity contribution in [1.82, 2.24) is 13.7 Å². The molecule has 1 aliphatic rings. The molecule has 3 heterocycles. The number of para-hydroxylation sites is 3. The Bertz CT molecular complexity index is 4870. The van der Waals surface area contributed by atoms with E-state index in [1.807, 2.05) is 0 Å². The maximum absolute atomic E-state index is 2.59. The van der Waals surface area contributed by atoms with E-state index in [2.05, 4.69) is 312 Å². The quantitative estimate of drug-likeness (QED) is 0.148. The highest BCUT2D eigenvalue weighted by Gasteiger charge is 2.36. The van der Waals surface area contributed by atoms with Crippen LogP contribution in [0.5, 0.6) is 0 Å². The molecule has 0 radical (unpaired) electrons. The number of benzene rings is 12. The number of aromatic nitrogens is 3. The molecule has 0 N–H and O–H groups in total. The predicted octanol–water partition coefficient (Wildman–Crippen LogP) is 20.1. The molecule has 79 heavy (non-hydrogen) atoms. The molecule has 0 unspecified atom stereocenters. The highest BCUT2D eigenvalue weighted by atomic mass is 15.1. The summed E-state index contributed by atoms with van der Waals surface area (Å²) < 4.78 is 7.56. The normalized spacial score (nSPS) is 12.8. The fraction of sp³-hybridized carbons (Fsp3) is 0.0400. The van der Waals surface area contributed by atoms with Crippen LogP contribution < -0.4 is 4.90 Å². The Morgan fingerprint density at radius 3 is 1.27 bits per heavy atom. The van der Waals surface area contributed by atoms with E-state index in [9.17, 15) is 0 Å². The molecular weight excluding hydrogens is 957 g/mol. The second-order valence-corrected chi connectivity index (χ2v) is 21.7. The molecule has 372 valence electrons. The number of hydrogen-bond acceptors (Lipinski definition) is 1. The minimum absolute atomic E-state index is 0.128. The van der Waals surface area contributed by atoms with Gasteiger partial charge in [-0.05, 0) is 142 Å². The van der Waals surface area contributed by atoms with Gasteiger partial charge in [-0.1, -0.05) is 196 Å². The molecule has 0 amide bonds. The van der Waals surface area contributed by atoms with Gasteiger partial charge in [0.05, 0.1) is 33.1 Å². The molecule has 15 aromatic rings. The fourth-order valence-corrected chi connectivity index (χ4v) is 13.4. The van der Waals surface area contributed by atoms with Crippen LogP contribution >= 0.6 is 0 Å². The van der Waals surface area contributed by atoms with E-state index < -0.39 is 0 Å². The summed E-state index contributed by atoms with van der Waals surface area (Å²) in [7, 11) is 0. The Balaban J connectivity index is 0.923. The van der Waals surface area contributed by atoms with Crippen LogP contribution in [0, 0.1) is 0 Å². The van der Waals surface area contributed by atoms with Gasteiger partial charge in [-0.15, -0.1) is 0 Å². The second kappa shape index (κ2) is 17.4. The van der Waals surface area contributed by atoms with E-state index in [1.54, 1.807) is 0 Å². The Morgan fingerprint density at radius 2 is 0.684 bits per heavy atom. The van der Waals surface area contributed by atoms with Gasteiger partial charge < -0.3 is 18.6 Å². The molecule has 0 fully saturated rings. The van der Waals surface area contributed by atoms with Crippen LogP contribution in [0.3, 0.4) is 0 Å². The molecule has 0 aliphatic heterocycles. The summed E-state index contributed by atoms with van der Waals surface area (Å²) in [5, 5.41) is 7.35. The number of nitrogens with zero attached hydrogens (tertiary/aromatic N) is 4. The molecule has 3 aromatic heterocycles. The van der Waals surface area contributed by atoms with Crippen LogP contribution in [0.4, 0.5) is 17.1 Å². The highest BCUT2D eigenvalue weighted by molar-refractivity contribution is 6.31. The third-order valence-electron chi connectivity index (χ3n) is 17.0. The average molecular weight is 1010 g/mol. The first-order valence-corrected chi connectivity index (χ1v) is 27.4. The molecular formula is C75H52N4. The van der Waals surface area contributed by atoms with Crippen LogP contribution in [-0.2, 0) is 5.41 Å². The molecule has 0 saturated heterocycles. The standard InChI is InChI=1S/C75H52N4/c1-75(2)65-27-15-12-24-59(65)60-43-42-58(48-66(60)75)78-68-29-17-14-26-64(68)72-70(78)47-45-62-61-44-46-69-71(73(61)79(74(62)72)57-36-32-52(33-37-57)50-20-8-4-9-21-50)63-25-13-16-28-67(63)77(69)56-40-38-55(39-41-56)76(53-22-10-5-11-23-53)54-34-30-51(31-35-54)49-18-6-3-7-19-49/h3-48H,1-2H3. The smallest absolute Gasteiger partial charge is 0.0641 e. The van der Waals surface area contributed by atoms with Crippen molar-refractivity contribution in [2.45, 2.75) is 19.3 Å². The molecule has 0 spiro atoms. The third-order valence-corrected chi connectivity index (χ3v) is 17.0. The van der Waals surface area contributed by atoms with Crippen molar-refractivity contribution in [2.75, 3.05) is 4.90 Å². The molecule has 16 rings (SSSR count). The Kier molecular flexibility index (Phi) is 9.95. The Morgan fingerprint density at radius 1 is 0.278 bits per heavy atom. The van der Waals surface area contributed by atoms with E-state index in [-0.39, 0.29) is 5.41 Å². The van der Waals surface area contributed by atoms with Crippen LogP contribution in [0.15, 0.2) is 279 Å². The summed E-state index contributed by atoms with van der Waals surface area (Å²) in [5.74, 6) is 0. The maximum atomic E-state index is 2.59. The van der Waals surface area contributed by atoms with Crippen LogP contribution in [0.1, 0.15) is 25.0 Å². The topological polar surface area (TPSA) is 18.0 Å². The number of anilines is 3. The van der Waals surface area contributed by atoms with Gasteiger partial charge in [0.25, 0.3) is 0 Å². The Labute approximate surface area is 458 Å². The molecule has 0 saturated carbocycles. The van der Waals surface area contributed by atoms with Crippen LogP contribution in [0.25, 0.3) is 116 Å². The summed E-state index contributed by atoms with van der Waals surface area (Å²) in [6.45, 7) is 4.75. The molecule has 0 bridgehead atoms. The van der Waals surface area contributed by atoms with Gasteiger partial charge in [0, 0.05) is 71.9 Å². The lowest BCUT2D eigenvalue weighted by Gasteiger charge is -2.26. The molecule has 12 aromatic carbocycles. The summed E-state index contributed by atoms with van der Waals surface area (Å²) in [5.41, 5.74) is 23.8. The minimum Gasteiger partial charge on any atom is -0.311 e. The van der Waals surface area contributed by atoms with Gasteiger partial charge >= 0.3 is 0 Å². The summed E-state index contributed by atoms with van der Waals surface area (Å²) >= 11 is 0. The zero-order valence-corrected chi connectivity index (χ0v) is 43.8. The monoisotopic (exact) mass is 1010 g/mol. The third kappa shape index (κ3) is 6.81. The van der Waals surface area contributed by atoms with E-state index >= 15 is 0 Å². The zero-order chi connectivity index (χ0) is 52.3. The first-order chi connectivity index (χ1) is 39.0. The van der Waals surface area contributed by atoms with Crippen LogP contribution in [-0.4, -0.2) is 13.7 Å².